The summed E-state index contributed by atoms with van der Waals surface area (Å²) in [5.74, 6) is -3.24. The maximum atomic E-state index is 13.4. The Balaban J connectivity index is 2.33. The fraction of sp³-hybridized carbons (Fsp3) is 0. The van der Waals surface area contributed by atoms with Gasteiger partial charge < -0.3 is 15.4 Å². The zero-order valence-corrected chi connectivity index (χ0v) is 9.88. The maximum absolute atomic E-state index is 13.4. The highest BCUT2D eigenvalue weighted by Crippen LogP contribution is 2.19. The van der Waals surface area contributed by atoms with Gasteiger partial charge in [-0.15, -0.1) is 0 Å². The number of aromatic carboxylic acids is 1. The quantitative estimate of drug-likeness (QED) is 0.770. The SMILES string of the molecule is O=C(Nc1cccc(F)c1C(=O)O)c1c[nH]c(=O)cn1. The molecule has 0 radical (unpaired) electrons. The summed E-state index contributed by atoms with van der Waals surface area (Å²) in [6.45, 7) is 0. The number of anilines is 1. The minimum Gasteiger partial charge on any atom is -0.478 e. The van der Waals surface area contributed by atoms with Gasteiger partial charge >= 0.3 is 5.97 Å². The predicted molar refractivity (Wildman–Crippen MR) is 66.2 cm³/mol. The summed E-state index contributed by atoms with van der Waals surface area (Å²) in [7, 11) is 0. The fourth-order valence-corrected chi connectivity index (χ4v) is 1.50. The Morgan fingerprint density at radius 1 is 1.35 bits per heavy atom. The van der Waals surface area contributed by atoms with Crippen molar-refractivity contribution in [1.29, 1.82) is 0 Å². The van der Waals surface area contributed by atoms with Crippen LogP contribution in [-0.2, 0) is 0 Å². The van der Waals surface area contributed by atoms with Gasteiger partial charge in [-0.3, -0.25) is 9.59 Å². The monoisotopic (exact) mass is 277 g/mol. The highest BCUT2D eigenvalue weighted by Gasteiger charge is 2.18. The standard InChI is InChI=1S/C12H8FN3O4/c13-6-2-1-3-7(10(6)12(19)20)16-11(18)8-4-15-9(17)5-14-8/h1-5H,(H,15,17)(H,16,18)(H,19,20). The molecule has 1 heterocycles. The molecule has 1 aromatic heterocycles. The second-order valence-corrected chi connectivity index (χ2v) is 3.72. The van der Waals surface area contributed by atoms with E-state index in [2.05, 4.69) is 15.3 Å². The number of rotatable bonds is 3. The largest absolute Gasteiger partial charge is 0.478 e. The zero-order chi connectivity index (χ0) is 14.7. The van der Waals surface area contributed by atoms with Crippen LogP contribution in [0.3, 0.4) is 0 Å². The topological polar surface area (TPSA) is 112 Å². The number of carboxylic acid groups (broad SMARTS) is 1. The maximum Gasteiger partial charge on any atom is 0.340 e. The van der Waals surface area contributed by atoms with E-state index in [0.29, 0.717) is 0 Å². The minimum absolute atomic E-state index is 0.134. The number of carbonyl (C=O) groups excluding carboxylic acids is 1. The second kappa shape index (κ2) is 5.31. The van der Waals surface area contributed by atoms with Crippen LogP contribution in [0.15, 0.2) is 35.4 Å². The summed E-state index contributed by atoms with van der Waals surface area (Å²) in [5, 5.41) is 11.1. The lowest BCUT2D eigenvalue weighted by Crippen LogP contribution is -2.19. The number of halogens is 1. The normalized spacial score (nSPS) is 10.1. The summed E-state index contributed by atoms with van der Waals surface area (Å²) in [5.41, 5.74) is -1.47. The molecule has 102 valence electrons. The molecule has 0 atom stereocenters. The van der Waals surface area contributed by atoms with E-state index in [1.807, 2.05) is 0 Å². The van der Waals surface area contributed by atoms with E-state index in [1.165, 1.54) is 12.1 Å². The fourth-order valence-electron chi connectivity index (χ4n) is 1.50. The summed E-state index contributed by atoms with van der Waals surface area (Å²) in [6.07, 6.45) is 1.97. The number of carboxylic acids is 1. The Morgan fingerprint density at radius 3 is 2.70 bits per heavy atom. The van der Waals surface area contributed by atoms with Gasteiger partial charge in [-0.05, 0) is 12.1 Å². The van der Waals surface area contributed by atoms with Crippen LogP contribution in [0, 0.1) is 5.82 Å². The molecule has 0 unspecified atom stereocenters. The van der Waals surface area contributed by atoms with Crippen LogP contribution < -0.4 is 10.9 Å². The first-order chi connectivity index (χ1) is 9.49. The second-order valence-electron chi connectivity index (χ2n) is 3.72. The van der Waals surface area contributed by atoms with Crippen LogP contribution in [0.5, 0.6) is 0 Å². The smallest absolute Gasteiger partial charge is 0.340 e. The minimum atomic E-state index is -1.51. The van der Waals surface area contributed by atoms with Crippen molar-refractivity contribution in [3.8, 4) is 0 Å². The molecule has 0 fully saturated rings. The number of nitrogens with one attached hydrogen (secondary N) is 2. The molecule has 0 saturated carbocycles. The van der Waals surface area contributed by atoms with E-state index in [4.69, 9.17) is 5.11 Å². The predicted octanol–water partition coefficient (Wildman–Crippen LogP) is 0.859. The van der Waals surface area contributed by atoms with Gasteiger partial charge in [0.15, 0.2) is 0 Å². The van der Waals surface area contributed by atoms with Crippen LogP contribution in [0.2, 0.25) is 0 Å². The van der Waals surface area contributed by atoms with Gasteiger partial charge in [-0.2, -0.15) is 0 Å². The molecule has 0 bridgehead atoms. The first-order valence-corrected chi connectivity index (χ1v) is 5.37. The first-order valence-electron chi connectivity index (χ1n) is 5.37. The van der Waals surface area contributed by atoms with E-state index in [9.17, 15) is 18.8 Å². The van der Waals surface area contributed by atoms with E-state index < -0.39 is 28.8 Å². The number of aromatic nitrogens is 2. The molecular formula is C12H8FN3O4. The molecule has 1 amide bonds. The van der Waals surface area contributed by atoms with Crippen molar-refractivity contribution in [2.24, 2.45) is 0 Å². The molecule has 0 aliphatic heterocycles. The summed E-state index contributed by atoms with van der Waals surface area (Å²) < 4.78 is 13.4. The third kappa shape index (κ3) is 2.69. The number of hydrogen-bond donors (Lipinski definition) is 3. The van der Waals surface area contributed by atoms with Gasteiger partial charge in [-0.1, -0.05) is 6.07 Å². The third-order valence-electron chi connectivity index (χ3n) is 2.38. The highest BCUT2D eigenvalue weighted by atomic mass is 19.1. The molecule has 3 N–H and O–H groups in total. The lowest BCUT2D eigenvalue weighted by atomic mass is 10.1. The molecular weight excluding hydrogens is 269 g/mol. The van der Waals surface area contributed by atoms with Gasteiger partial charge in [0, 0.05) is 6.20 Å². The molecule has 0 aliphatic rings. The van der Waals surface area contributed by atoms with Gasteiger partial charge in [0.25, 0.3) is 11.5 Å². The number of H-pyrrole nitrogens is 1. The van der Waals surface area contributed by atoms with Crippen LogP contribution in [0.4, 0.5) is 10.1 Å². The molecule has 8 heteroatoms. The van der Waals surface area contributed by atoms with Gasteiger partial charge in [0.05, 0.1) is 11.9 Å². The molecule has 7 nitrogen and oxygen atoms in total. The highest BCUT2D eigenvalue weighted by molar-refractivity contribution is 6.06. The van der Waals surface area contributed by atoms with Gasteiger partial charge in [-0.25, -0.2) is 14.2 Å². The lowest BCUT2D eigenvalue weighted by Gasteiger charge is -2.08. The molecule has 0 spiro atoms. The van der Waals surface area contributed by atoms with E-state index in [-0.39, 0.29) is 11.4 Å². The van der Waals surface area contributed by atoms with Crippen molar-refractivity contribution in [3.05, 3.63) is 58.0 Å². The third-order valence-corrected chi connectivity index (χ3v) is 2.38. The Labute approximate surface area is 111 Å². The molecule has 0 saturated heterocycles. The van der Waals surface area contributed by atoms with Crippen LogP contribution in [0.1, 0.15) is 20.8 Å². The summed E-state index contributed by atoms with van der Waals surface area (Å²) >= 11 is 0. The molecule has 2 aromatic rings. The number of aromatic amines is 1. The molecule has 1 aromatic carbocycles. The average molecular weight is 277 g/mol. The number of nitrogens with zero attached hydrogens (tertiary/aromatic N) is 1. The summed E-state index contributed by atoms with van der Waals surface area (Å²) in [4.78, 5) is 39.4. The number of benzene rings is 1. The van der Waals surface area contributed by atoms with Crippen molar-refractivity contribution >= 4 is 17.6 Å². The molecule has 2 rings (SSSR count). The van der Waals surface area contributed by atoms with Crippen LogP contribution in [-0.4, -0.2) is 27.0 Å². The van der Waals surface area contributed by atoms with Crippen LogP contribution in [0.25, 0.3) is 0 Å². The van der Waals surface area contributed by atoms with Crippen molar-refractivity contribution in [3.63, 3.8) is 0 Å². The average Bonchev–Trinajstić information content (AvgIpc) is 2.39. The molecule has 20 heavy (non-hydrogen) atoms. The van der Waals surface area contributed by atoms with Crippen LogP contribution >= 0.6 is 0 Å². The van der Waals surface area contributed by atoms with Crippen molar-refractivity contribution in [1.82, 2.24) is 9.97 Å². The number of carbonyl (C=O) groups is 2. The van der Waals surface area contributed by atoms with Crippen molar-refractivity contribution < 1.29 is 19.1 Å². The summed E-state index contributed by atoms with van der Waals surface area (Å²) in [6, 6.07) is 3.48. The number of amides is 1. The van der Waals surface area contributed by atoms with Gasteiger partial charge in [0.1, 0.15) is 17.1 Å². The Kier molecular flexibility index (Phi) is 3.56. The Morgan fingerprint density at radius 2 is 2.10 bits per heavy atom. The van der Waals surface area contributed by atoms with Crippen molar-refractivity contribution in [2.75, 3.05) is 5.32 Å². The van der Waals surface area contributed by atoms with Crippen molar-refractivity contribution in [2.45, 2.75) is 0 Å². The first kappa shape index (κ1) is 13.4. The van der Waals surface area contributed by atoms with E-state index >= 15 is 0 Å². The number of hydrogen-bond acceptors (Lipinski definition) is 4. The van der Waals surface area contributed by atoms with Gasteiger partial charge in [0.2, 0.25) is 0 Å². The lowest BCUT2D eigenvalue weighted by molar-refractivity contribution is 0.0693. The van der Waals surface area contributed by atoms with E-state index in [1.54, 1.807) is 0 Å². The Bertz CT molecular complexity index is 721. The zero-order valence-electron chi connectivity index (χ0n) is 9.88. The van der Waals surface area contributed by atoms with E-state index in [0.717, 1.165) is 18.5 Å². The molecule has 0 aliphatic carbocycles. The Hall–Kier alpha value is -3.03.